The van der Waals surface area contributed by atoms with Crippen LogP contribution in [-0.2, 0) is 13.0 Å². The third-order valence-corrected chi connectivity index (χ3v) is 4.24. The van der Waals surface area contributed by atoms with Gasteiger partial charge in [0.2, 0.25) is 0 Å². The quantitative estimate of drug-likeness (QED) is 0.788. The van der Waals surface area contributed by atoms with Crippen LogP contribution in [0.3, 0.4) is 0 Å². The maximum atomic E-state index is 6.01. The molecule has 1 unspecified atom stereocenters. The van der Waals surface area contributed by atoms with Crippen molar-refractivity contribution >= 4 is 22.1 Å². The SMILES string of the molecule is CC(N)Cc1c(N(C)Cc2ccccc2)nc2sccn12. The lowest BCUT2D eigenvalue weighted by molar-refractivity contribution is 0.713. The minimum atomic E-state index is 0.119. The Labute approximate surface area is 128 Å². The van der Waals surface area contributed by atoms with E-state index in [1.807, 2.05) is 13.0 Å². The number of hydrogen-bond donors (Lipinski definition) is 1. The van der Waals surface area contributed by atoms with Crippen molar-refractivity contribution in [1.82, 2.24) is 9.38 Å². The average Bonchev–Trinajstić information content (AvgIpc) is 3.02. The van der Waals surface area contributed by atoms with E-state index in [9.17, 15) is 0 Å². The molecule has 4 nitrogen and oxygen atoms in total. The number of imidazole rings is 1. The molecule has 0 spiro atoms. The fourth-order valence-electron chi connectivity index (χ4n) is 2.55. The number of anilines is 1. The van der Waals surface area contributed by atoms with Gasteiger partial charge >= 0.3 is 0 Å². The Morgan fingerprint density at radius 3 is 2.81 bits per heavy atom. The van der Waals surface area contributed by atoms with E-state index in [4.69, 9.17) is 10.7 Å². The summed E-state index contributed by atoms with van der Waals surface area (Å²) in [5.41, 5.74) is 8.48. The topological polar surface area (TPSA) is 46.6 Å². The maximum absolute atomic E-state index is 6.01. The molecular formula is C16H20N4S. The van der Waals surface area contributed by atoms with E-state index in [-0.39, 0.29) is 6.04 Å². The summed E-state index contributed by atoms with van der Waals surface area (Å²) in [6, 6.07) is 10.6. The first-order chi connectivity index (χ1) is 10.1. The molecule has 21 heavy (non-hydrogen) atoms. The van der Waals surface area contributed by atoms with Crippen molar-refractivity contribution in [3.63, 3.8) is 0 Å². The predicted octanol–water partition coefficient (Wildman–Crippen LogP) is 2.92. The standard InChI is InChI=1S/C16H20N4S/c1-12(17)10-14-15(18-16-20(14)8-9-21-16)19(2)11-13-6-4-3-5-7-13/h3-9,12H,10-11,17H2,1-2H3. The summed E-state index contributed by atoms with van der Waals surface area (Å²) in [5, 5.41) is 2.06. The van der Waals surface area contributed by atoms with Gasteiger partial charge in [0.1, 0.15) is 0 Å². The molecule has 2 heterocycles. The van der Waals surface area contributed by atoms with E-state index < -0.39 is 0 Å². The highest BCUT2D eigenvalue weighted by atomic mass is 32.1. The number of fused-ring (bicyclic) bond motifs is 1. The first-order valence-corrected chi connectivity index (χ1v) is 7.98. The molecule has 0 radical (unpaired) electrons. The summed E-state index contributed by atoms with van der Waals surface area (Å²) >= 11 is 1.66. The van der Waals surface area contributed by atoms with Crippen LogP contribution in [0.4, 0.5) is 5.82 Å². The normalized spacial score (nSPS) is 12.7. The molecule has 2 N–H and O–H groups in total. The molecule has 1 aromatic carbocycles. The van der Waals surface area contributed by atoms with Crippen LogP contribution in [0.25, 0.3) is 4.96 Å². The van der Waals surface area contributed by atoms with Gasteiger partial charge in [0.05, 0.1) is 5.69 Å². The largest absolute Gasteiger partial charge is 0.354 e. The zero-order valence-corrected chi connectivity index (χ0v) is 13.2. The minimum absolute atomic E-state index is 0.119. The Hall–Kier alpha value is -1.85. The highest BCUT2D eigenvalue weighted by Gasteiger charge is 2.17. The average molecular weight is 300 g/mol. The van der Waals surface area contributed by atoms with Crippen LogP contribution in [0.5, 0.6) is 0 Å². The van der Waals surface area contributed by atoms with E-state index in [0.717, 1.165) is 23.7 Å². The van der Waals surface area contributed by atoms with Gasteiger partial charge in [-0.1, -0.05) is 30.3 Å². The van der Waals surface area contributed by atoms with Gasteiger partial charge in [-0.2, -0.15) is 0 Å². The number of aromatic nitrogens is 2. The molecule has 5 heteroatoms. The van der Waals surface area contributed by atoms with Gasteiger partial charge in [0.15, 0.2) is 10.8 Å². The lowest BCUT2D eigenvalue weighted by Crippen LogP contribution is -2.23. The van der Waals surface area contributed by atoms with Crippen molar-refractivity contribution in [2.75, 3.05) is 11.9 Å². The number of nitrogens with two attached hydrogens (primary N) is 1. The molecule has 0 saturated heterocycles. The highest BCUT2D eigenvalue weighted by molar-refractivity contribution is 7.15. The van der Waals surface area contributed by atoms with Gasteiger partial charge in [-0.05, 0) is 12.5 Å². The Morgan fingerprint density at radius 1 is 1.33 bits per heavy atom. The zero-order valence-electron chi connectivity index (χ0n) is 12.4. The summed E-state index contributed by atoms with van der Waals surface area (Å²) in [6.07, 6.45) is 2.90. The van der Waals surface area contributed by atoms with Gasteiger partial charge in [0, 0.05) is 37.6 Å². The number of nitrogens with zero attached hydrogens (tertiary/aromatic N) is 3. The fourth-order valence-corrected chi connectivity index (χ4v) is 3.28. The van der Waals surface area contributed by atoms with Gasteiger partial charge < -0.3 is 10.6 Å². The first kappa shape index (κ1) is 14.1. The molecular weight excluding hydrogens is 280 g/mol. The molecule has 3 aromatic rings. The van der Waals surface area contributed by atoms with Gasteiger partial charge in [-0.3, -0.25) is 4.40 Å². The Balaban J connectivity index is 1.93. The van der Waals surface area contributed by atoms with Crippen LogP contribution in [-0.4, -0.2) is 22.5 Å². The monoisotopic (exact) mass is 300 g/mol. The highest BCUT2D eigenvalue weighted by Crippen LogP contribution is 2.26. The third-order valence-electron chi connectivity index (χ3n) is 3.48. The molecule has 3 rings (SSSR count). The molecule has 1 atom stereocenters. The Morgan fingerprint density at radius 2 is 2.10 bits per heavy atom. The van der Waals surface area contributed by atoms with E-state index in [2.05, 4.69) is 52.2 Å². The van der Waals surface area contributed by atoms with Crippen molar-refractivity contribution in [3.8, 4) is 0 Å². The lowest BCUT2D eigenvalue weighted by Gasteiger charge is -2.19. The van der Waals surface area contributed by atoms with Gasteiger partial charge in [-0.25, -0.2) is 4.98 Å². The molecule has 0 aliphatic heterocycles. The van der Waals surface area contributed by atoms with E-state index in [1.54, 1.807) is 11.3 Å². The molecule has 0 fully saturated rings. The Bertz CT molecular complexity index is 714. The second-order valence-electron chi connectivity index (χ2n) is 5.46. The summed E-state index contributed by atoms with van der Waals surface area (Å²) < 4.78 is 2.16. The number of hydrogen-bond acceptors (Lipinski definition) is 4. The molecule has 0 aliphatic rings. The van der Waals surface area contributed by atoms with Crippen LogP contribution in [0.2, 0.25) is 0 Å². The van der Waals surface area contributed by atoms with Crippen molar-refractivity contribution in [2.45, 2.75) is 25.9 Å². The summed E-state index contributed by atoms with van der Waals surface area (Å²) in [7, 11) is 2.09. The van der Waals surface area contributed by atoms with E-state index in [1.165, 1.54) is 11.3 Å². The van der Waals surface area contributed by atoms with Crippen LogP contribution in [0.1, 0.15) is 18.2 Å². The summed E-state index contributed by atoms with van der Waals surface area (Å²) in [5.74, 6) is 1.03. The molecule has 0 amide bonds. The van der Waals surface area contributed by atoms with Crippen LogP contribution < -0.4 is 10.6 Å². The number of thiazole rings is 1. The van der Waals surface area contributed by atoms with E-state index >= 15 is 0 Å². The van der Waals surface area contributed by atoms with Crippen LogP contribution >= 0.6 is 11.3 Å². The first-order valence-electron chi connectivity index (χ1n) is 7.10. The molecule has 110 valence electrons. The maximum Gasteiger partial charge on any atom is 0.195 e. The van der Waals surface area contributed by atoms with Crippen molar-refractivity contribution in [3.05, 3.63) is 53.2 Å². The zero-order chi connectivity index (χ0) is 14.8. The Kier molecular flexibility index (Phi) is 3.94. The summed E-state index contributed by atoms with van der Waals surface area (Å²) in [6.45, 7) is 2.88. The smallest absolute Gasteiger partial charge is 0.195 e. The number of benzene rings is 1. The predicted molar refractivity (Wildman–Crippen MR) is 89.0 cm³/mol. The van der Waals surface area contributed by atoms with Crippen molar-refractivity contribution in [1.29, 1.82) is 0 Å². The van der Waals surface area contributed by atoms with Crippen LogP contribution in [0.15, 0.2) is 41.9 Å². The minimum Gasteiger partial charge on any atom is -0.354 e. The second-order valence-corrected chi connectivity index (χ2v) is 6.33. The van der Waals surface area contributed by atoms with Crippen LogP contribution in [0, 0.1) is 0 Å². The van der Waals surface area contributed by atoms with Gasteiger partial charge in [-0.15, -0.1) is 11.3 Å². The third kappa shape index (κ3) is 2.94. The summed E-state index contributed by atoms with van der Waals surface area (Å²) in [4.78, 5) is 8.00. The number of rotatable bonds is 5. The van der Waals surface area contributed by atoms with Crippen molar-refractivity contribution in [2.24, 2.45) is 5.73 Å². The fraction of sp³-hybridized carbons (Fsp3) is 0.312. The lowest BCUT2D eigenvalue weighted by atomic mass is 10.1. The van der Waals surface area contributed by atoms with Gasteiger partial charge in [0.25, 0.3) is 0 Å². The molecule has 0 bridgehead atoms. The van der Waals surface area contributed by atoms with Crippen molar-refractivity contribution < 1.29 is 0 Å². The van der Waals surface area contributed by atoms with E-state index in [0.29, 0.717) is 0 Å². The molecule has 0 saturated carbocycles. The second kappa shape index (κ2) is 5.87. The molecule has 2 aromatic heterocycles. The molecule has 0 aliphatic carbocycles.